The number of nitrogens with one attached hydrogen (secondary N) is 1. The van der Waals surface area contributed by atoms with Gasteiger partial charge in [0.2, 0.25) is 0 Å². The van der Waals surface area contributed by atoms with Crippen molar-refractivity contribution < 1.29 is 13.9 Å². The van der Waals surface area contributed by atoms with E-state index in [9.17, 15) is 4.79 Å². The summed E-state index contributed by atoms with van der Waals surface area (Å²) < 4.78 is 10.9. The molecule has 0 fully saturated rings. The number of fused-ring (bicyclic) bond motifs is 1. The molecule has 0 radical (unpaired) electrons. The van der Waals surface area contributed by atoms with Gasteiger partial charge in [0.25, 0.3) is 0 Å². The molecule has 2 heterocycles. The fraction of sp³-hybridized carbons (Fsp3) is 0.316. The first kappa shape index (κ1) is 18.2. The number of ether oxygens (including phenoxy) is 1. The van der Waals surface area contributed by atoms with Crippen LogP contribution < -0.4 is 5.32 Å². The number of carbonyl (C=O) groups is 1. The third kappa shape index (κ3) is 4.52. The van der Waals surface area contributed by atoms with Gasteiger partial charge in [-0.1, -0.05) is 23.7 Å². The monoisotopic (exact) mass is 373 g/mol. The first-order valence-electron chi connectivity index (χ1n) is 8.26. The van der Waals surface area contributed by atoms with Crippen LogP contribution in [-0.4, -0.2) is 27.6 Å². The van der Waals surface area contributed by atoms with Crippen molar-refractivity contribution >= 4 is 34.4 Å². The Morgan fingerprint density at radius 3 is 2.50 bits per heavy atom. The highest BCUT2D eigenvalue weighted by molar-refractivity contribution is 6.32. The summed E-state index contributed by atoms with van der Waals surface area (Å²) in [6.07, 6.45) is 1.86. The average molecular weight is 374 g/mol. The zero-order chi connectivity index (χ0) is 18.7. The largest absolute Gasteiger partial charge is 0.469 e. The van der Waals surface area contributed by atoms with Gasteiger partial charge in [-0.3, -0.25) is 0 Å². The van der Waals surface area contributed by atoms with E-state index < -0.39 is 17.6 Å². The molecule has 1 aromatic carbocycles. The molecule has 0 saturated carbocycles. The van der Waals surface area contributed by atoms with Crippen LogP contribution in [0.4, 0.5) is 5.82 Å². The van der Waals surface area contributed by atoms with Gasteiger partial charge in [-0.25, -0.2) is 14.8 Å². The number of rotatable bonds is 5. The molecule has 6 nitrogen and oxygen atoms in total. The molecule has 0 saturated heterocycles. The van der Waals surface area contributed by atoms with E-state index in [-0.39, 0.29) is 5.15 Å². The van der Waals surface area contributed by atoms with Crippen LogP contribution in [0.3, 0.4) is 0 Å². The summed E-state index contributed by atoms with van der Waals surface area (Å²) in [4.78, 5) is 21.4. The zero-order valence-corrected chi connectivity index (χ0v) is 15.6. The molecule has 1 atom stereocenters. The number of hydrogen-bond acceptors (Lipinski definition) is 6. The average Bonchev–Trinajstić information content (AvgIpc) is 3.06. The number of carbonyl (C=O) groups excluding carboxylic acids is 1. The second-order valence-corrected chi connectivity index (χ2v) is 7.22. The van der Waals surface area contributed by atoms with Gasteiger partial charge < -0.3 is 14.5 Å². The van der Waals surface area contributed by atoms with Crippen molar-refractivity contribution in [1.29, 1.82) is 0 Å². The molecule has 3 rings (SSSR count). The maximum atomic E-state index is 12.6. The Labute approximate surface area is 156 Å². The normalized spacial score (nSPS) is 12.8. The highest BCUT2D eigenvalue weighted by Gasteiger charge is 2.27. The molecule has 0 aliphatic heterocycles. The molecular formula is C19H20ClN3O3. The van der Waals surface area contributed by atoms with E-state index in [1.54, 1.807) is 18.4 Å². The molecule has 0 aliphatic carbocycles. The summed E-state index contributed by atoms with van der Waals surface area (Å²) in [6.45, 7) is 5.45. The fourth-order valence-electron chi connectivity index (χ4n) is 2.43. The van der Waals surface area contributed by atoms with Crippen molar-refractivity contribution in [2.75, 3.05) is 5.32 Å². The van der Waals surface area contributed by atoms with Gasteiger partial charge in [-0.2, -0.15) is 0 Å². The summed E-state index contributed by atoms with van der Waals surface area (Å²) >= 11 is 6.26. The van der Waals surface area contributed by atoms with Crippen LogP contribution in [0.5, 0.6) is 0 Å². The first-order chi connectivity index (χ1) is 12.3. The zero-order valence-electron chi connectivity index (χ0n) is 14.8. The van der Waals surface area contributed by atoms with E-state index in [0.717, 1.165) is 0 Å². The van der Waals surface area contributed by atoms with Crippen molar-refractivity contribution in [1.82, 2.24) is 9.97 Å². The van der Waals surface area contributed by atoms with E-state index in [0.29, 0.717) is 29.0 Å². The van der Waals surface area contributed by atoms with Gasteiger partial charge in [-0.05, 0) is 45.0 Å². The van der Waals surface area contributed by atoms with E-state index in [2.05, 4.69) is 15.3 Å². The van der Waals surface area contributed by atoms with Crippen molar-refractivity contribution in [3.63, 3.8) is 0 Å². The van der Waals surface area contributed by atoms with E-state index in [4.69, 9.17) is 20.8 Å². The lowest BCUT2D eigenvalue weighted by atomic mass is 10.1. The fourth-order valence-corrected chi connectivity index (χ4v) is 2.62. The topological polar surface area (TPSA) is 77.2 Å². The van der Waals surface area contributed by atoms with Crippen LogP contribution in [0.1, 0.15) is 26.5 Å². The number of benzene rings is 1. The number of furan rings is 1. The van der Waals surface area contributed by atoms with Gasteiger partial charge in [-0.15, -0.1) is 0 Å². The number of esters is 1. The highest BCUT2D eigenvalue weighted by atomic mass is 35.5. The molecule has 3 aromatic rings. The van der Waals surface area contributed by atoms with Crippen molar-refractivity contribution in [2.45, 2.75) is 38.8 Å². The SMILES string of the molecule is CC(C)(C)OC(=O)C(Cc1ccco1)Nc1nc2ccccc2nc1Cl. The number of hydrogen-bond donors (Lipinski definition) is 1. The quantitative estimate of drug-likeness (QED) is 0.674. The van der Waals surface area contributed by atoms with Crippen molar-refractivity contribution in [2.24, 2.45) is 0 Å². The Kier molecular flexibility index (Phi) is 5.13. The second-order valence-electron chi connectivity index (χ2n) is 6.87. The van der Waals surface area contributed by atoms with Crippen LogP contribution in [0.25, 0.3) is 11.0 Å². The molecule has 0 spiro atoms. The van der Waals surface area contributed by atoms with Crippen molar-refractivity contribution in [3.8, 4) is 0 Å². The standard InChI is InChI=1S/C19H20ClN3O3/c1-19(2,3)26-18(24)15(11-12-7-6-10-25-12)23-17-16(20)21-13-8-4-5-9-14(13)22-17/h4-10,15H,11H2,1-3H3,(H,22,23). The van der Waals surface area contributed by atoms with E-state index in [1.807, 2.05) is 45.0 Å². The van der Waals surface area contributed by atoms with Crippen LogP contribution in [0.2, 0.25) is 5.15 Å². The van der Waals surface area contributed by atoms with Gasteiger partial charge in [0.05, 0.1) is 17.3 Å². The maximum Gasteiger partial charge on any atom is 0.329 e. The Morgan fingerprint density at radius 1 is 1.19 bits per heavy atom. The molecule has 26 heavy (non-hydrogen) atoms. The maximum absolute atomic E-state index is 12.6. The molecule has 7 heteroatoms. The molecular weight excluding hydrogens is 354 g/mol. The molecule has 1 unspecified atom stereocenters. The Hall–Kier alpha value is -2.60. The minimum absolute atomic E-state index is 0.191. The molecule has 0 amide bonds. The van der Waals surface area contributed by atoms with Crippen LogP contribution in [0.15, 0.2) is 47.1 Å². The van der Waals surface area contributed by atoms with Gasteiger partial charge in [0.1, 0.15) is 17.4 Å². The number of halogens is 1. The third-order valence-electron chi connectivity index (χ3n) is 3.52. The molecule has 1 N–H and O–H groups in total. The van der Waals surface area contributed by atoms with Crippen LogP contribution in [0, 0.1) is 0 Å². The van der Waals surface area contributed by atoms with E-state index >= 15 is 0 Å². The number of aromatic nitrogens is 2. The van der Waals surface area contributed by atoms with Crippen LogP contribution >= 0.6 is 11.6 Å². The molecule has 136 valence electrons. The molecule has 0 aliphatic rings. The summed E-state index contributed by atoms with van der Waals surface area (Å²) in [7, 11) is 0. The second kappa shape index (κ2) is 7.33. The Bertz CT molecular complexity index is 904. The highest BCUT2D eigenvalue weighted by Crippen LogP contribution is 2.23. The van der Waals surface area contributed by atoms with Crippen molar-refractivity contribution in [3.05, 3.63) is 53.6 Å². The minimum atomic E-state index is -0.715. The Morgan fingerprint density at radius 2 is 1.88 bits per heavy atom. The lowest BCUT2D eigenvalue weighted by Gasteiger charge is -2.24. The van der Waals surface area contributed by atoms with Crippen LogP contribution in [-0.2, 0) is 16.0 Å². The summed E-state index contributed by atoms with van der Waals surface area (Å²) in [5.41, 5.74) is 0.752. The Balaban J connectivity index is 1.89. The third-order valence-corrected chi connectivity index (χ3v) is 3.78. The first-order valence-corrected chi connectivity index (χ1v) is 8.64. The lowest BCUT2D eigenvalue weighted by molar-refractivity contribution is -0.155. The minimum Gasteiger partial charge on any atom is -0.469 e. The summed E-state index contributed by atoms with van der Waals surface area (Å²) in [6, 6.07) is 10.2. The van der Waals surface area contributed by atoms with Gasteiger partial charge in [0.15, 0.2) is 11.0 Å². The molecule has 0 bridgehead atoms. The summed E-state index contributed by atoms with van der Waals surface area (Å²) in [5.74, 6) is 0.561. The number of para-hydroxylation sites is 2. The predicted molar refractivity (Wildman–Crippen MR) is 100 cm³/mol. The molecule has 2 aromatic heterocycles. The summed E-state index contributed by atoms with van der Waals surface area (Å²) in [5, 5.41) is 3.25. The van der Waals surface area contributed by atoms with Gasteiger partial charge >= 0.3 is 5.97 Å². The number of anilines is 1. The lowest BCUT2D eigenvalue weighted by Crippen LogP contribution is -2.38. The predicted octanol–water partition coefficient (Wildman–Crippen LogP) is 4.24. The number of nitrogens with zero attached hydrogens (tertiary/aromatic N) is 2. The van der Waals surface area contributed by atoms with E-state index in [1.165, 1.54) is 0 Å². The smallest absolute Gasteiger partial charge is 0.329 e. The van der Waals surface area contributed by atoms with Gasteiger partial charge in [0, 0.05) is 6.42 Å².